The average molecular weight is 535 g/mol. The van der Waals surface area contributed by atoms with Crippen molar-refractivity contribution in [3.63, 3.8) is 0 Å². The zero-order chi connectivity index (χ0) is 21.3. The Bertz CT molecular complexity index is 1450. The van der Waals surface area contributed by atoms with E-state index in [9.17, 15) is 0 Å². The molecule has 0 N–H and O–H groups in total. The van der Waals surface area contributed by atoms with Crippen LogP contribution < -0.4 is 0 Å². The number of benzene rings is 5. The minimum absolute atomic E-state index is 0.703. The standard InChI is InChI=1S/C28H25Br2N/c1-3-5-8-16(4-2)15-31-23-13-21(29)19-11-6-9-17-18-10-7-12-20-22(30)14-24(31)28(26(18)20)27(23)25(17)19/h6-7,9-14,16H,3-5,8,15H2,1-2H3. The molecule has 0 aliphatic carbocycles. The zero-order valence-corrected chi connectivity index (χ0v) is 21.1. The van der Waals surface area contributed by atoms with Gasteiger partial charge in [0, 0.05) is 37.0 Å². The number of fused-ring (bicyclic) bond motifs is 1. The number of unbranched alkanes of at least 4 members (excludes halogenated alkanes) is 1. The predicted octanol–water partition coefficient (Wildman–Crippen LogP) is 9.87. The highest BCUT2D eigenvalue weighted by Crippen LogP contribution is 2.49. The lowest BCUT2D eigenvalue weighted by Gasteiger charge is -2.18. The molecule has 1 heterocycles. The van der Waals surface area contributed by atoms with E-state index in [1.807, 2.05) is 0 Å². The van der Waals surface area contributed by atoms with Crippen molar-refractivity contribution >= 4 is 86.0 Å². The second-order valence-electron chi connectivity index (χ2n) is 8.99. The van der Waals surface area contributed by atoms with Gasteiger partial charge in [0.25, 0.3) is 0 Å². The van der Waals surface area contributed by atoms with Crippen LogP contribution in [0.25, 0.3) is 54.1 Å². The van der Waals surface area contributed by atoms with Crippen LogP contribution in [0.3, 0.4) is 0 Å². The Labute approximate surface area is 199 Å². The smallest absolute Gasteiger partial charge is 0.0509 e. The van der Waals surface area contributed by atoms with Crippen LogP contribution in [0.1, 0.15) is 39.5 Å². The second-order valence-corrected chi connectivity index (χ2v) is 10.7. The van der Waals surface area contributed by atoms with E-state index in [-0.39, 0.29) is 0 Å². The minimum atomic E-state index is 0.703. The lowest BCUT2D eigenvalue weighted by Crippen LogP contribution is -2.10. The third kappa shape index (κ3) is 2.72. The molecule has 0 radical (unpaired) electrons. The van der Waals surface area contributed by atoms with Crippen LogP contribution in [-0.4, -0.2) is 4.57 Å². The molecule has 0 saturated heterocycles. The van der Waals surface area contributed by atoms with Crippen LogP contribution in [0.4, 0.5) is 0 Å². The highest BCUT2D eigenvalue weighted by atomic mass is 79.9. The fraction of sp³-hybridized carbons (Fsp3) is 0.286. The van der Waals surface area contributed by atoms with Gasteiger partial charge in [-0.25, -0.2) is 0 Å². The van der Waals surface area contributed by atoms with Crippen molar-refractivity contribution in [2.75, 3.05) is 0 Å². The zero-order valence-electron chi connectivity index (χ0n) is 17.9. The number of nitrogens with zero attached hydrogens (tertiary/aromatic N) is 1. The summed E-state index contributed by atoms with van der Waals surface area (Å²) in [5.41, 5.74) is 2.73. The Hall–Kier alpha value is -1.84. The molecule has 1 atom stereocenters. The molecular formula is C28H25Br2N. The van der Waals surface area contributed by atoms with Gasteiger partial charge in [-0.15, -0.1) is 0 Å². The van der Waals surface area contributed by atoms with Gasteiger partial charge in [-0.1, -0.05) is 101 Å². The molecule has 1 unspecified atom stereocenters. The van der Waals surface area contributed by atoms with Crippen molar-refractivity contribution < 1.29 is 0 Å². The molecule has 0 fully saturated rings. The van der Waals surface area contributed by atoms with Gasteiger partial charge in [0.05, 0.1) is 11.0 Å². The van der Waals surface area contributed by atoms with E-state index in [2.05, 4.69) is 98.8 Å². The molecule has 3 heteroatoms. The van der Waals surface area contributed by atoms with Crippen LogP contribution in [0.5, 0.6) is 0 Å². The van der Waals surface area contributed by atoms with Crippen molar-refractivity contribution in [2.24, 2.45) is 5.92 Å². The van der Waals surface area contributed by atoms with Crippen LogP contribution in [0, 0.1) is 5.92 Å². The predicted molar refractivity (Wildman–Crippen MR) is 143 cm³/mol. The first kappa shape index (κ1) is 19.8. The molecule has 0 amide bonds. The Balaban J connectivity index is 1.82. The Morgan fingerprint density at radius 2 is 1.26 bits per heavy atom. The fourth-order valence-corrected chi connectivity index (χ4v) is 6.81. The molecule has 0 bridgehead atoms. The van der Waals surface area contributed by atoms with Gasteiger partial charge in [0.15, 0.2) is 0 Å². The Morgan fingerprint density at radius 1 is 0.742 bits per heavy atom. The average Bonchev–Trinajstić information content (AvgIpc) is 3.09. The van der Waals surface area contributed by atoms with Gasteiger partial charge in [-0.3, -0.25) is 0 Å². The van der Waals surface area contributed by atoms with Crippen molar-refractivity contribution in [3.8, 4) is 0 Å². The van der Waals surface area contributed by atoms with Crippen LogP contribution >= 0.6 is 31.9 Å². The first-order chi connectivity index (χ1) is 15.1. The molecule has 0 aliphatic heterocycles. The summed E-state index contributed by atoms with van der Waals surface area (Å²) in [4.78, 5) is 0. The first-order valence-electron chi connectivity index (χ1n) is 11.4. The van der Waals surface area contributed by atoms with E-state index in [0.717, 1.165) is 6.54 Å². The van der Waals surface area contributed by atoms with E-state index in [0.29, 0.717) is 5.92 Å². The molecule has 0 saturated carbocycles. The number of halogens is 2. The topological polar surface area (TPSA) is 4.93 Å². The molecule has 31 heavy (non-hydrogen) atoms. The number of aromatic nitrogens is 1. The van der Waals surface area contributed by atoms with Crippen molar-refractivity contribution in [1.29, 1.82) is 0 Å². The van der Waals surface area contributed by atoms with Gasteiger partial charge >= 0.3 is 0 Å². The molecule has 1 nitrogen and oxygen atoms in total. The summed E-state index contributed by atoms with van der Waals surface area (Å²) in [7, 11) is 0. The molecule has 6 rings (SSSR count). The van der Waals surface area contributed by atoms with Crippen molar-refractivity contribution in [2.45, 2.75) is 46.1 Å². The molecular weight excluding hydrogens is 510 g/mol. The van der Waals surface area contributed by atoms with Gasteiger partial charge in [0.1, 0.15) is 0 Å². The number of rotatable bonds is 6. The van der Waals surface area contributed by atoms with Crippen molar-refractivity contribution in [3.05, 3.63) is 57.5 Å². The second kappa shape index (κ2) is 7.35. The normalized spacial score (nSPS) is 13.7. The maximum Gasteiger partial charge on any atom is 0.0509 e. The molecule has 156 valence electrons. The third-order valence-corrected chi connectivity index (χ3v) is 8.60. The van der Waals surface area contributed by atoms with Gasteiger partial charge in [-0.2, -0.15) is 0 Å². The molecule has 1 aromatic heterocycles. The lowest BCUT2D eigenvalue weighted by molar-refractivity contribution is 0.401. The van der Waals surface area contributed by atoms with Gasteiger partial charge in [-0.05, 0) is 46.0 Å². The molecule has 6 aromatic rings. The summed E-state index contributed by atoms with van der Waals surface area (Å²) >= 11 is 7.84. The maximum absolute atomic E-state index is 3.92. The largest absolute Gasteiger partial charge is 0.340 e. The fourth-order valence-electron chi connectivity index (χ4n) is 5.72. The van der Waals surface area contributed by atoms with Gasteiger partial charge in [0.2, 0.25) is 0 Å². The minimum Gasteiger partial charge on any atom is -0.340 e. The van der Waals surface area contributed by atoms with Crippen molar-refractivity contribution in [1.82, 2.24) is 4.57 Å². The van der Waals surface area contributed by atoms with Crippen LogP contribution in [0.15, 0.2) is 57.5 Å². The SMILES string of the molecule is CCCCC(CC)Cn1c2cc(Br)c3cccc4c5cccc6c(Br)cc1c(c65)c2c34. The monoisotopic (exact) mass is 533 g/mol. The van der Waals surface area contributed by atoms with Gasteiger partial charge < -0.3 is 4.57 Å². The third-order valence-electron chi connectivity index (χ3n) is 7.29. The summed E-state index contributed by atoms with van der Waals surface area (Å²) in [5.74, 6) is 0.703. The summed E-state index contributed by atoms with van der Waals surface area (Å²) < 4.78 is 5.00. The first-order valence-corrected chi connectivity index (χ1v) is 13.0. The highest BCUT2D eigenvalue weighted by molar-refractivity contribution is 9.11. The number of hydrogen-bond donors (Lipinski definition) is 0. The number of hydrogen-bond acceptors (Lipinski definition) is 0. The Kier molecular flexibility index (Phi) is 4.70. The van der Waals surface area contributed by atoms with E-state index in [1.54, 1.807) is 0 Å². The van der Waals surface area contributed by atoms with E-state index >= 15 is 0 Å². The summed E-state index contributed by atoms with van der Waals surface area (Å²) in [6.45, 7) is 5.72. The molecule has 0 aliphatic rings. The highest BCUT2D eigenvalue weighted by Gasteiger charge is 2.24. The quantitative estimate of drug-likeness (QED) is 0.148. The maximum atomic E-state index is 3.92. The molecule has 5 aromatic carbocycles. The summed E-state index contributed by atoms with van der Waals surface area (Å²) in [5, 5.41) is 11.0. The molecule has 0 spiro atoms. The summed E-state index contributed by atoms with van der Waals surface area (Å²) in [6, 6.07) is 18.2. The van der Waals surface area contributed by atoms with E-state index < -0.39 is 0 Å². The Morgan fingerprint density at radius 3 is 1.74 bits per heavy atom. The van der Waals surface area contributed by atoms with E-state index in [4.69, 9.17) is 0 Å². The van der Waals surface area contributed by atoms with Crippen LogP contribution in [0.2, 0.25) is 0 Å². The van der Waals surface area contributed by atoms with Crippen LogP contribution in [-0.2, 0) is 6.54 Å². The lowest BCUT2D eigenvalue weighted by atomic mass is 9.90. The van der Waals surface area contributed by atoms with E-state index in [1.165, 1.54) is 88.8 Å². The summed E-state index contributed by atoms with van der Waals surface area (Å²) in [6.07, 6.45) is 5.10.